The van der Waals surface area contributed by atoms with E-state index >= 15 is 0 Å². The second-order valence-electron chi connectivity index (χ2n) is 10.5. The molecule has 1 heterocycles. The molecule has 1 fully saturated rings. The van der Waals surface area contributed by atoms with Crippen molar-refractivity contribution in [2.24, 2.45) is 0 Å². The van der Waals surface area contributed by atoms with Gasteiger partial charge in [-0.15, -0.1) is 0 Å². The maximum atomic E-state index is 13.8. The minimum absolute atomic E-state index is 0.0821. The number of rotatable bonds is 11. The summed E-state index contributed by atoms with van der Waals surface area (Å²) in [5.41, 5.74) is -2.54. The first-order valence-corrected chi connectivity index (χ1v) is 14.8. The third kappa shape index (κ3) is 9.17. The van der Waals surface area contributed by atoms with E-state index in [4.69, 9.17) is 9.47 Å². The minimum atomic E-state index is -4.99. The summed E-state index contributed by atoms with van der Waals surface area (Å²) in [7, 11) is 0. The van der Waals surface area contributed by atoms with Crippen molar-refractivity contribution in [3.63, 3.8) is 0 Å². The molecule has 0 amide bonds. The van der Waals surface area contributed by atoms with Crippen molar-refractivity contribution in [3.8, 4) is 11.8 Å². The van der Waals surface area contributed by atoms with Gasteiger partial charge in [-0.25, -0.2) is 4.39 Å². The van der Waals surface area contributed by atoms with Gasteiger partial charge >= 0.3 is 12.4 Å². The Balaban J connectivity index is 1.95. The van der Waals surface area contributed by atoms with E-state index in [1.54, 1.807) is 12.1 Å². The highest BCUT2D eigenvalue weighted by Crippen LogP contribution is 2.39. The van der Waals surface area contributed by atoms with E-state index < -0.39 is 47.7 Å². The highest BCUT2D eigenvalue weighted by atomic mass is 19.4. The van der Waals surface area contributed by atoms with Crippen LogP contribution in [0.25, 0.3) is 0 Å². The minimum Gasteiger partial charge on any atom is -0.349 e. The first kappa shape index (κ1) is 35.8. The summed E-state index contributed by atoms with van der Waals surface area (Å²) in [6.45, 7) is 13.8. The largest absolute Gasteiger partial charge is 0.416 e. The number of morpholine rings is 1. The number of nitrogens with zero attached hydrogens (tertiary/aromatic N) is 3. The molecule has 44 heavy (non-hydrogen) atoms. The Kier molecular flexibility index (Phi) is 12.6. The Morgan fingerprint density at radius 2 is 1.41 bits per heavy atom. The molecule has 2 aromatic carbocycles. The lowest BCUT2D eigenvalue weighted by molar-refractivity contribution is -0.228. The van der Waals surface area contributed by atoms with Crippen LogP contribution in [0.4, 0.5) is 30.7 Å². The fourth-order valence-electron chi connectivity index (χ4n) is 5.29. The van der Waals surface area contributed by atoms with Gasteiger partial charge in [0.15, 0.2) is 6.29 Å². The van der Waals surface area contributed by atoms with Crippen molar-refractivity contribution >= 4 is 0 Å². The van der Waals surface area contributed by atoms with Crippen LogP contribution < -0.4 is 0 Å². The van der Waals surface area contributed by atoms with Crippen molar-refractivity contribution in [2.75, 3.05) is 45.9 Å². The van der Waals surface area contributed by atoms with Gasteiger partial charge in [-0.2, -0.15) is 26.3 Å². The number of benzene rings is 2. The van der Waals surface area contributed by atoms with Gasteiger partial charge in [-0.05, 0) is 74.6 Å². The second kappa shape index (κ2) is 15.5. The molecule has 0 aromatic heterocycles. The van der Waals surface area contributed by atoms with Crippen LogP contribution in [0.2, 0.25) is 0 Å². The van der Waals surface area contributed by atoms with Gasteiger partial charge in [0.25, 0.3) is 0 Å². The van der Waals surface area contributed by atoms with Crippen molar-refractivity contribution in [2.45, 2.75) is 71.6 Å². The average Bonchev–Trinajstić information content (AvgIpc) is 2.97. The molecule has 3 rings (SSSR count). The van der Waals surface area contributed by atoms with E-state index in [1.165, 1.54) is 19.1 Å². The molecule has 0 radical (unpaired) electrons. The van der Waals surface area contributed by atoms with E-state index in [0.717, 1.165) is 26.2 Å². The molecule has 0 N–H and O–H groups in total. The van der Waals surface area contributed by atoms with Crippen LogP contribution in [-0.4, -0.2) is 73.0 Å². The van der Waals surface area contributed by atoms with Gasteiger partial charge < -0.3 is 9.47 Å². The van der Waals surface area contributed by atoms with Gasteiger partial charge in [-0.3, -0.25) is 14.7 Å². The summed E-state index contributed by atoms with van der Waals surface area (Å²) in [5, 5.41) is 0. The van der Waals surface area contributed by atoms with Crippen LogP contribution in [0.15, 0.2) is 42.5 Å². The third-order valence-electron chi connectivity index (χ3n) is 7.77. The van der Waals surface area contributed by atoms with E-state index in [1.807, 2.05) is 4.90 Å². The molecule has 0 spiro atoms. The van der Waals surface area contributed by atoms with E-state index in [-0.39, 0.29) is 30.9 Å². The topological polar surface area (TPSA) is 28.2 Å². The molecule has 2 aromatic rings. The molecule has 0 saturated carbocycles. The monoisotopic (exact) mass is 631 g/mol. The van der Waals surface area contributed by atoms with Crippen molar-refractivity contribution in [3.05, 3.63) is 70.5 Å². The summed E-state index contributed by atoms with van der Waals surface area (Å²) in [4.78, 5) is 6.46. The third-order valence-corrected chi connectivity index (χ3v) is 7.77. The van der Waals surface area contributed by atoms with Crippen molar-refractivity contribution in [1.29, 1.82) is 0 Å². The first-order chi connectivity index (χ1) is 20.7. The molecule has 12 heteroatoms. The fraction of sp³-hybridized carbons (Fsp3) is 0.562. The number of alkyl halides is 6. The molecular formula is C32H40F7N3O2. The van der Waals surface area contributed by atoms with Crippen LogP contribution in [-0.2, 0) is 21.8 Å². The van der Waals surface area contributed by atoms with Crippen LogP contribution in [0.5, 0.6) is 0 Å². The average molecular weight is 632 g/mol. The van der Waals surface area contributed by atoms with E-state index in [0.29, 0.717) is 24.2 Å². The maximum Gasteiger partial charge on any atom is 0.416 e. The van der Waals surface area contributed by atoms with Gasteiger partial charge in [0.2, 0.25) is 0 Å². The SMILES string of the molecule is CCN(CC)C(C#CCN1CCO[C@H](O[C@H](C)c2cc(C(F)(F)F)cc(C(F)(F)F)c2)[C@@H]1c1ccc(F)cc1)N(CC)CC. The molecule has 1 saturated heterocycles. The van der Waals surface area contributed by atoms with E-state index in [9.17, 15) is 30.7 Å². The number of hydrogen-bond acceptors (Lipinski definition) is 5. The highest BCUT2D eigenvalue weighted by Gasteiger charge is 2.39. The standard InChI is InChI=1S/C32H40F7N3O2/c1-6-40(7-2)28(41(8-3)9-4)11-10-16-42-17-18-43-30(29(42)23-12-14-27(33)15-13-23)44-22(5)24-19-25(31(34,35)36)21-26(20-24)32(37,38)39/h12-15,19-22,28-30H,6-9,16-18H2,1-5H3/t22-,29+,30-/m1/s1. The summed E-state index contributed by atoms with van der Waals surface area (Å²) in [6.07, 6.45) is -12.4. The molecule has 5 nitrogen and oxygen atoms in total. The molecule has 0 aliphatic carbocycles. The first-order valence-electron chi connectivity index (χ1n) is 14.8. The van der Waals surface area contributed by atoms with Crippen LogP contribution in [0.1, 0.15) is 69.0 Å². The predicted octanol–water partition coefficient (Wildman–Crippen LogP) is 7.35. The molecule has 1 aliphatic rings. The number of hydrogen-bond donors (Lipinski definition) is 0. The lowest BCUT2D eigenvalue weighted by Gasteiger charge is -2.41. The zero-order chi connectivity index (χ0) is 32.7. The predicted molar refractivity (Wildman–Crippen MR) is 154 cm³/mol. The van der Waals surface area contributed by atoms with Gasteiger partial charge in [-0.1, -0.05) is 51.7 Å². The smallest absolute Gasteiger partial charge is 0.349 e. The molecule has 0 bridgehead atoms. The highest BCUT2D eigenvalue weighted by molar-refractivity contribution is 5.35. The second-order valence-corrected chi connectivity index (χ2v) is 10.5. The molecule has 3 atom stereocenters. The van der Waals surface area contributed by atoms with Crippen molar-refractivity contribution < 1.29 is 40.2 Å². The Bertz CT molecular complexity index is 1210. The Morgan fingerprint density at radius 1 is 0.886 bits per heavy atom. The maximum absolute atomic E-state index is 13.8. The zero-order valence-electron chi connectivity index (χ0n) is 25.6. The van der Waals surface area contributed by atoms with Gasteiger partial charge in [0.1, 0.15) is 12.0 Å². The quantitative estimate of drug-likeness (QED) is 0.147. The molecule has 1 aliphatic heterocycles. The van der Waals surface area contributed by atoms with Crippen LogP contribution >= 0.6 is 0 Å². The molecule has 244 valence electrons. The van der Waals surface area contributed by atoms with Crippen molar-refractivity contribution in [1.82, 2.24) is 14.7 Å². The lowest BCUT2D eigenvalue weighted by atomic mass is 10.0. The summed E-state index contributed by atoms with van der Waals surface area (Å²) in [5.74, 6) is 6.19. The lowest BCUT2D eigenvalue weighted by Crippen LogP contribution is -2.48. The summed E-state index contributed by atoms with van der Waals surface area (Å²) < 4.78 is 107. The Morgan fingerprint density at radius 3 is 1.89 bits per heavy atom. The Labute approximate surface area is 254 Å². The zero-order valence-corrected chi connectivity index (χ0v) is 25.6. The normalized spacial score (nSPS) is 19.0. The molecule has 0 unspecified atom stereocenters. The summed E-state index contributed by atoms with van der Waals surface area (Å²) in [6, 6.07) is 6.38. The number of ether oxygens (including phenoxy) is 2. The van der Waals surface area contributed by atoms with Crippen LogP contribution in [0, 0.1) is 17.7 Å². The fourth-order valence-corrected chi connectivity index (χ4v) is 5.29. The Hall–Kier alpha value is -2.69. The summed E-state index contributed by atoms with van der Waals surface area (Å²) >= 11 is 0. The van der Waals surface area contributed by atoms with Gasteiger partial charge in [0, 0.05) is 6.54 Å². The van der Waals surface area contributed by atoms with Gasteiger partial charge in [0.05, 0.1) is 36.4 Å². The van der Waals surface area contributed by atoms with E-state index in [2.05, 4.69) is 49.3 Å². The van der Waals surface area contributed by atoms with Crippen LogP contribution in [0.3, 0.4) is 0 Å². The number of halogens is 7. The molecular weight excluding hydrogens is 591 g/mol.